The first kappa shape index (κ1) is 20.9. The van der Waals surface area contributed by atoms with E-state index in [1.807, 2.05) is 19.2 Å². The highest BCUT2D eigenvalue weighted by atomic mass is 35.5. The maximum atomic E-state index is 12.9. The van der Waals surface area contributed by atoms with E-state index in [0.717, 1.165) is 28.3 Å². The van der Waals surface area contributed by atoms with Gasteiger partial charge in [0.2, 0.25) is 5.91 Å². The first-order valence-corrected chi connectivity index (χ1v) is 9.39. The highest BCUT2D eigenvalue weighted by Crippen LogP contribution is 2.35. The Bertz CT molecular complexity index is 1050. The van der Waals surface area contributed by atoms with E-state index in [4.69, 9.17) is 11.6 Å². The Balaban J connectivity index is 1.63. The van der Waals surface area contributed by atoms with Crippen LogP contribution in [0.25, 0.3) is 6.08 Å². The molecule has 2 aromatic carbocycles. The summed E-state index contributed by atoms with van der Waals surface area (Å²) < 4.78 is 40.5. The SMILES string of the molecule is Cn1cnnc1Sc1ccc(NC(=O)C=Cc2ccc(Cl)c(C(F)(F)F)c2)cc1. The molecule has 1 aromatic heterocycles. The molecule has 3 aromatic rings. The summed E-state index contributed by atoms with van der Waals surface area (Å²) in [5, 5.41) is 10.8. The van der Waals surface area contributed by atoms with E-state index < -0.39 is 22.7 Å². The summed E-state index contributed by atoms with van der Waals surface area (Å²) in [6.07, 6.45) is -0.514. The molecule has 0 fully saturated rings. The van der Waals surface area contributed by atoms with E-state index in [1.165, 1.54) is 23.9 Å². The summed E-state index contributed by atoms with van der Waals surface area (Å²) in [5.41, 5.74) is -0.181. The molecule has 0 atom stereocenters. The standard InChI is InChI=1S/C19H14ClF3N4OS/c1-27-11-24-26-18(27)29-14-6-4-13(5-7-14)25-17(28)9-3-12-2-8-16(20)15(10-12)19(21,22)23/h2-11H,1H3,(H,25,28). The zero-order valence-corrected chi connectivity index (χ0v) is 16.5. The summed E-state index contributed by atoms with van der Waals surface area (Å²) in [6.45, 7) is 0. The first-order valence-electron chi connectivity index (χ1n) is 8.20. The summed E-state index contributed by atoms with van der Waals surface area (Å²) in [6, 6.07) is 10.5. The third-order valence-corrected chi connectivity index (χ3v) is 5.11. The molecule has 0 unspecified atom stereocenters. The predicted molar refractivity (Wildman–Crippen MR) is 106 cm³/mol. The van der Waals surface area contributed by atoms with Crippen molar-refractivity contribution < 1.29 is 18.0 Å². The molecule has 1 amide bonds. The lowest BCUT2D eigenvalue weighted by molar-refractivity contribution is -0.137. The minimum absolute atomic E-state index is 0.215. The van der Waals surface area contributed by atoms with Crippen LogP contribution < -0.4 is 5.32 Å². The van der Waals surface area contributed by atoms with Crippen LogP contribution in [0.5, 0.6) is 0 Å². The molecular weight excluding hydrogens is 425 g/mol. The Morgan fingerprint density at radius 2 is 1.93 bits per heavy atom. The molecule has 1 N–H and O–H groups in total. The van der Waals surface area contributed by atoms with Crippen LogP contribution in [0.2, 0.25) is 5.02 Å². The van der Waals surface area contributed by atoms with Crippen molar-refractivity contribution in [3.8, 4) is 0 Å². The molecule has 1 heterocycles. The van der Waals surface area contributed by atoms with Crippen LogP contribution in [0, 0.1) is 0 Å². The molecule has 0 saturated heterocycles. The molecule has 5 nitrogen and oxygen atoms in total. The molecule has 3 rings (SSSR count). The molecule has 10 heteroatoms. The number of anilines is 1. The Morgan fingerprint density at radius 3 is 2.55 bits per heavy atom. The van der Waals surface area contributed by atoms with Crippen molar-refractivity contribution in [1.82, 2.24) is 14.8 Å². The number of halogens is 4. The van der Waals surface area contributed by atoms with E-state index in [9.17, 15) is 18.0 Å². The lowest BCUT2D eigenvalue weighted by Crippen LogP contribution is -2.08. The Kier molecular flexibility index (Phi) is 6.29. The molecule has 0 radical (unpaired) electrons. The van der Waals surface area contributed by atoms with Crippen molar-refractivity contribution in [3.05, 3.63) is 71.0 Å². The lowest BCUT2D eigenvalue weighted by atomic mass is 10.1. The molecule has 29 heavy (non-hydrogen) atoms. The number of aryl methyl sites for hydroxylation is 1. The number of hydrogen-bond donors (Lipinski definition) is 1. The monoisotopic (exact) mass is 438 g/mol. The maximum Gasteiger partial charge on any atom is 0.417 e. The molecule has 0 aliphatic rings. The van der Waals surface area contributed by atoms with Gasteiger partial charge < -0.3 is 9.88 Å². The van der Waals surface area contributed by atoms with Crippen LogP contribution in [-0.4, -0.2) is 20.7 Å². The van der Waals surface area contributed by atoms with E-state index in [0.29, 0.717) is 5.69 Å². The van der Waals surface area contributed by atoms with E-state index >= 15 is 0 Å². The molecule has 0 saturated carbocycles. The summed E-state index contributed by atoms with van der Waals surface area (Å²) in [4.78, 5) is 13.0. The minimum Gasteiger partial charge on any atom is -0.323 e. The second-order valence-electron chi connectivity index (χ2n) is 5.91. The van der Waals surface area contributed by atoms with Gasteiger partial charge in [-0.3, -0.25) is 4.79 Å². The summed E-state index contributed by atoms with van der Waals surface area (Å²) in [7, 11) is 1.83. The number of nitrogens with zero attached hydrogens (tertiary/aromatic N) is 3. The Labute approximate surface area is 173 Å². The third-order valence-electron chi connectivity index (χ3n) is 3.72. The largest absolute Gasteiger partial charge is 0.417 e. The van der Waals surface area contributed by atoms with Gasteiger partial charge in [0.1, 0.15) is 6.33 Å². The fourth-order valence-electron chi connectivity index (χ4n) is 2.30. The smallest absolute Gasteiger partial charge is 0.323 e. The number of hydrogen-bond acceptors (Lipinski definition) is 4. The van der Waals surface area contributed by atoms with Crippen molar-refractivity contribution in [1.29, 1.82) is 0 Å². The van der Waals surface area contributed by atoms with Gasteiger partial charge >= 0.3 is 6.18 Å². The van der Waals surface area contributed by atoms with Gasteiger partial charge in [0, 0.05) is 23.7 Å². The summed E-state index contributed by atoms with van der Waals surface area (Å²) >= 11 is 7.00. The van der Waals surface area contributed by atoms with Crippen LogP contribution in [-0.2, 0) is 18.0 Å². The third kappa shape index (κ3) is 5.61. The van der Waals surface area contributed by atoms with Crippen LogP contribution >= 0.6 is 23.4 Å². The number of amides is 1. The second-order valence-corrected chi connectivity index (χ2v) is 7.36. The fraction of sp³-hybridized carbons (Fsp3) is 0.105. The van der Waals surface area contributed by atoms with Gasteiger partial charge in [0.05, 0.1) is 10.6 Å². The highest BCUT2D eigenvalue weighted by molar-refractivity contribution is 7.99. The van der Waals surface area contributed by atoms with Gasteiger partial charge in [-0.25, -0.2) is 0 Å². The molecule has 0 aliphatic heterocycles. The average molecular weight is 439 g/mol. The van der Waals surface area contributed by atoms with Gasteiger partial charge in [-0.1, -0.05) is 17.7 Å². The van der Waals surface area contributed by atoms with Crippen LogP contribution in [0.15, 0.2) is 64.9 Å². The van der Waals surface area contributed by atoms with Gasteiger partial charge in [-0.05, 0) is 59.8 Å². The first-order chi connectivity index (χ1) is 13.7. The van der Waals surface area contributed by atoms with Crippen molar-refractivity contribution >= 4 is 41.0 Å². The number of alkyl halides is 3. The van der Waals surface area contributed by atoms with Gasteiger partial charge in [0.15, 0.2) is 5.16 Å². The van der Waals surface area contributed by atoms with Crippen molar-refractivity contribution in [2.75, 3.05) is 5.32 Å². The van der Waals surface area contributed by atoms with Crippen molar-refractivity contribution in [2.45, 2.75) is 16.2 Å². The maximum absolute atomic E-state index is 12.9. The van der Waals surface area contributed by atoms with Gasteiger partial charge in [-0.2, -0.15) is 13.2 Å². The minimum atomic E-state index is -4.56. The zero-order valence-electron chi connectivity index (χ0n) is 14.9. The van der Waals surface area contributed by atoms with E-state index in [-0.39, 0.29) is 5.56 Å². The van der Waals surface area contributed by atoms with Crippen LogP contribution in [0.4, 0.5) is 18.9 Å². The van der Waals surface area contributed by atoms with Crippen LogP contribution in [0.1, 0.15) is 11.1 Å². The number of nitrogens with one attached hydrogen (secondary N) is 1. The number of benzene rings is 2. The average Bonchev–Trinajstić information content (AvgIpc) is 3.06. The van der Waals surface area contributed by atoms with Gasteiger partial charge in [0.25, 0.3) is 0 Å². The fourth-order valence-corrected chi connectivity index (χ4v) is 3.28. The summed E-state index contributed by atoms with van der Waals surface area (Å²) in [5.74, 6) is -0.470. The van der Waals surface area contributed by atoms with Crippen molar-refractivity contribution in [3.63, 3.8) is 0 Å². The van der Waals surface area contributed by atoms with E-state index in [2.05, 4.69) is 15.5 Å². The lowest BCUT2D eigenvalue weighted by Gasteiger charge is -2.09. The van der Waals surface area contributed by atoms with Crippen molar-refractivity contribution in [2.24, 2.45) is 7.05 Å². The highest BCUT2D eigenvalue weighted by Gasteiger charge is 2.33. The number of rotatable bonds is 5. The molecule has 0 spiro atoms. The Hall–Kier alpha value is -2.78. The Morgan fingerprint density at radius 1 is 1.21 bits per heavy atom. The molecule has 150 valence electrons. The molecule has 0 bridgehead atoms. The number of aromatic nitrogens is 3. The molecule has 0 aliphatic carbocycles. The van der Waals surface area contributed by atoms with E-state index in [1.54, 1.807) is 23.0 Å². The predicted octanol–water partition coefficient (Wildman–Crippen LogP) is 5.29. The molecular formula is C19H14ClF3N4OS. The van der Waals surface area contributed by atoms with Crippen LogP contribution in [0.3, 0.4) is 0 Å². The normalized spacial score (nSPS) is 11.8. The number of carbonyl (C=O) groups excluding carboxylic acids is 1. The quantitative estimate of drug-likeness (QED) is 0.550. The number of carbonyl (C=O) groups is 1. The second kappa shape index (κ2) is 8.71. The van der Waals surface area contributed by atoms with Gasteiger partial charge in [-0.15, -0.1) is 10.2 Å². The zero-order chi connectivity index (χ0) is 21.0. The topological polar surface area (TPSA) is 59.8 Å².